The third-order valence-electron chi connectivity index (χ3n) is 5.46. The average molecular weight is 449 g/mol. The van der Waals surface area contributed by atoms with E-state index in [4.69, 9.17) is 25.5 Å². The first-order chi connectivity index (χ1) is 15.5. The first kappa shape index (κ1) is 20.1. The maximum Gasteiger partial charge on any atom is 0.296 e. The number of carbonyl (C=O) groups excluding carboxylic acids is 1. The van der Waals surface area contributed by atoms with E-state index in [-0.39, 0.29) is 16.8 Å². The van der Waals surface area contributed by atoms with Gasteiger partial charge in [-0.25, -0.2) is 4.98 Å². The summed E-state index contributed by atoms with van der Waals surface area (Å²) in [5, 5.41) is 0.830. The number of hydrogen-bond donors (Lipinski definition) is 0. The van der Waals surface area contributed by atoms with Gasteiger partial charge in [-0.1, -0.05) is 29.8 Å². The van der Waals surface area contributed by atoms with Crippen molar-refractivity contribution in [1.29, 1.82) is 0 Å². The van der Waals surface area contributed by atoms with Gasteiger partial charge in [0.05, 0.1) is 36.2 Å². The fourth-order valence-electron chi connectivity index (χ4n) is 4.00. The van der Waals surface area contributed by atoms with Crippen molar-refractivity contribution in [2.24, 2.45) is 0 Å². The molecular weight excluding hydrogens is 432 g/mol. The fourth-order valence-corrected chi connectivity index (χ4v) is 4.12. The van der Waals surface area contributed by atoms with Crippen LogP contribution >= 0.6 is 11.6 Å². The van der Waals surface area contributed by atoms with Crippen LogP contribution in [0.5, 0.6) is 11.5 Å². The van der Waals surface area contributed by atoms with Gasteiger partial charge in [-0.15, -0.1) is 0 Å². The first-order valence-electron chi connectivity index (χ1n) is 9.76. The Labute approximate surface area is 187 Å². The van der Waals surface area contributed by atoms with Crippen LogP contribution in [0.1, 0.15) is 27.7 Å². The number of aromatic nitrogens is 1. The number of nitrogens with zero attached hydrogens (tertiary/aromatic N) is 2. The monoisotopic (exact) mass is 448 g/mol. The van der Waals surface area contributed by atoms with Crippen LogP contribution in [0.3, 0.4) is 0 Å². The molecule has 2 aromatic carbocycles. The lowest BCUT2D eigenvalue weighted by atomic mass is 9.98. The van der Waals surface area contributed by atoms with Crippen molar-refractivity contribution in [3.05, 3.63) is 92.9 Å². The Kier molecular flexibility index (Phi) is 4.83. The maximum absolute atomic E-state index is 13.5. The molecule has 0 saturated carbocycles. The molecule has 0 unspecified atom stereocenters. The van der Waals surface area contributed by atoms with Crippen LogP contribution in [0.15, 0.2) is 70.0 Å². The van der Waals surface area contributed by atoms with Crippen LogP contribution in [0, 0.1) is 0 Å². The van der Waals surface area contributed by atoms with Crippen LogP contribution in [-0.4, -0.2) is 25.1 Å². The summed E-state index contributed by atoms with van der Waals surface area (Å²) in [6.45, 7) is 0. The number of benzene rings is 2. The molecule has 160 valence electrons. The molecule has 0 aliphatic carbocycles. The summed E-state index contributed by atoms with van der Waals surface area (Å²) in [7, 11) is 3.06. The van der Waals surface area contributed by atoms with E-state index in [0.717, 1.165) is 0 Å². The number of pyridine rings is 1. The molecule has 0 radical (unpaired) electrons. The van der Waals surface area contributed by atoms with Crippen LogP contribution in [0.2, 0.25) is 5.02 Å². The molecule has 4 aromatic rings. The molecule has 7 nitrogen and oxygen atoms in total. The van der Waals surface area contributed by atoms with Gasteiger partial charge in [0.2, 0.25) is 5.76 Å². The second-order valence-corrected chi connectivity index (χ2v) is 7.63. The minimum atomic E-state index is -0.771. The Morgan fingerprint density at radius 2 is 1.78 bits per heavy atom. The van der Waals surface area contributed by atoms with E-state index < -0.39 is 11.9 Å². The number of anilines is 1. The zero-order valence-electron chi connectivity index (χ0n) is 17.2. The number of ether oxygens (including phenoxy) is 2. The number of amides is 1. The van der Waals surface area contributed by atoms with Gasteiger partial charge in [0.15, 0.2) is 16.9 Å². The number of halogens is 1. The van der Waals surface area contributed by atoms with Gasteiger partial charge in [-0.3, -0.25) is 14.5 Å². The van der Waals surface area contributed by atoms with E-state index >= 15 is 0 Å². The lowest BCUT2D eigenvalue weighted by Crippen LogP contribution is -2.30. The van der Waals surface area contributed by atoms with Gasteiger partial charge in [-0.05, 0) is 42.0 Å². The number of hydrogen-bond acceptors (Lipinski definition) is 6. The number of carbonyl (C=O) groups is 1. The van der Waals surface area contributed by atoms with Crippen molar-refractivity contribution in [2.45, 2.75) is 6.04 Å². The van der Waals surface area contributed by atoms with E-state index in [1.807, 2.05) is 0 Å². The van der Waals surface area contributed by atoms with Crippen molar-refractivity contribution in [3.63, 3.8) is 0 Å². The topological polar surface area (TPSA) is 81.9 Å². The molecule has 1 atom stereocenters. The van der Waals surface area contributed by atoms with Gasteiger partial charge >= 0.3 is 0 Å². The molecular formula is C24H17ClN2O5. The molecule has 1 aliphatic heterocycles. The summed E-state index contributed by atoms with van der Waals surface area (Å²) < 4.78 is 16.7. The summed E-state index contributed by atoms with van der Waals surface area (Å²) in [5.41, 5.74) is 0.972. The molecule has 8 heteroatoms. The standard InChI is InChI=1S/C24H17ClN2O5/c1-30-17-9-7-13(11-18(17)31-2)21-20-22(28)15-5-3-4-6-16(15)32-23(20)24(29)27(21)19-10-8-14(25)12-26-19/h3-12,21H,1-2H3/t21-/m1/s1. The third kappa shape index (κ3) is 3.01. The predicted octanol–water partition coefficient (Wildman–Crippen LogP) is 4.61. The summed E-state index contributed by atoms with van der Waals surface area (Å²) >= 11 is 6.00. The van der Waals surface area contributed by atoms with E-state index in [9.17, 15) is 9.59 Å². The van der Waals surface area contributed by atoms with Gasteiger partial charge in [0.25, 0.3) is 5.91 Å². The van der Waals surface area contributed by atoms with E-state index in [1.165, 1.54) is 25.3 Å². The van der Waals surface area contributed by atoms with E-state index in [2.05, 4.69) is 4.98 Å². The lowest BCUT2D eigenvalue weighted by Gasteiger charge is -2.24. The number of methoxy groups -OCH3 is 2. The van der Waals surface area contributed by atoms with E-state index in [0.29, 0.717) is 38.9 Å². The molecule has 3 heterocycles. The van der Waals surface area contributed by atoms with Gasteiger partial charge in [0.1, 0.15) is 11.4 Å². The molecule has 32 heavy (non-hydrogen) atoms. The number of fused-ring (bicyclic) bond motifs is 2. The largest absolute Gasteiger partial charge is 0.493 e. The Balaban J connectivity index is 1.80. The maximum atomic E-state index is 13.5. The second-order valence-electron chi connectivity index (χ2n) is 7.20. The first-order valence-corrected chi connectivity index (χ1v) is 10.1. The highest BCUT2D eigenvalue weighted by molar-refractivity contribution is 6.30. The summed E-state index contributed by atoms with van der Waals surface area (Å²) in [5.74, 6) is 0.874. The summed E-state index contributed by atoms with van der Waals surface area (Å²) in [4.78, 5) is 32.8. The van der Waals surface area contributed by atoms with Crippen LogP contribution in [0.4, 0.5) is 5.82 Å². The smallest absolute Gasteiger partial charge is 0.296 e. The molecule has 0 spiro atoms. The SMILES string of the molecule is COc1ccc([C@@H]2c3c(oc4ccccc4c3=O)C(=O)N2c2ccc(Cl)cn2)cc1OC. The highest BCUT2D eigenvalue weighted by Crippen LogP contribution is 2.42. The van der Waals surface area contributed by atoms with Crippen molar-refractivity contribution >= 4 is 34.3 Å². The zero-order chi connectivity index (χ0) is 22.4. The van der Waals surface area contributed by atoms with Crippen LogP contribution in [-0.2, 0) is 0 Å². The van der Waals surface area contributed by atoms with Gasteiger partial charge < -0.3 is 13.9 Å². The molecule has 0 saturated heterocycles. The van der Waals surface area contributed by atoms with E-state index in [1.54, 1.807) is 54.6 Å². The molecule has 0 fully saturated rings. The number of rotatable bonds is 4. The minimum Gasteiger partial charge on any atom is -0.493 e. The van der Waals surface area contributed by atoms with Crippen molar-refractivity contribution in [3.8, 4) is 11.5 Å². The fraction of sp³-hybridized carbons (Fsp3) is 0.125. The quantitative estimate of drug-likeness (QED) is 0.453. The lowest BCUT2D eigenvalue weighted by molar-refractivity contribution is 0.0970. The zero-order valence-corrected chi connectivity index (χ0v) is 17.9. The second kappa shape index (κ2) is 7.69. The molecule has 5 rings (SSSR count). The summed E-state index contributed by atoms with van der Waals surface area (Å²) in [6, 6.07) is 14.6. The van der Waals surface area contributed by atoms with Crippen molar-refractivity contribution < 1.29 is 18.7 Å². The average Bonchev–Trinajstić information content (AvgIpc) is 3.12. The van der Waals surface area contributed by atoms with Gasteiger partial charge in [-0.2, -0.15) is 0 Å². The van der Waals surface area contributed by atoms with Crippen LogP contribution < -0.4 is 19.8 Å². The van der Waals surface area contributed by atoms with Gasteiger partial charge in [0, 0.05) is 6.20 Å². The predicted molar refractivity (Wildman–Crippen MR) is 120 cm³/mol. The Hall–Kier alpha value is -3.84. The third-order valence-corrected chi connectivity index (χ3v) is 5.68. The Morgan fingerprint density at radius 3 is 2.50 bits per heavy atom. The highest BCUT2D eigenvalue weighted by atomic mass is 35.5. The van der Waals surface area contributed by atoms with Crippen molar-refractivity contribution in [1.82, 2.24) is 4.98 Å². The molecule has 1 aliphatic rings. The number of para-hydroxylation sites is 1. The molecule has 1 amide bonds. The normalized spacial score (nSPS) is 15.2. The van der Waals surface area contributed by atoms with Crippen LogP contribution in [0.25, 0.3) is 11.0 Å². The highest BCUT2D eigenvalue weighted by Gasteiger charge is 2.44. The molecule has 0 N–H and O–H groups in total. The Bertz CT molecular complexity index is 1410. The Morgan fingerprint density at radius 1 is 1.00 bits per heavy atom. The minimum absolute atomic E-state index is 0.00904. The van der Waals surface area contributed by atoms with Crippen molar-refractivity contribution in [2.75, 3.05) is 19.1 Å². The molecule has 0 bridgehead atoms. The summed E-state index contributed by atoms with van der Waals surface area (Å²) in [6.07, 6.45) is 1.45. The molecule has 2 aromatic heterocycles.